The van der Waals surface area contributed by atoms with Crippen LogP contribution in [0.1, 0.15) is 32.8 Å². The molecule has 0 amide bonds. The number of sulfonamides is 1. The molecule has 0 aliphatic carbocycles. The van der Waals surface area contributed by atoms with Crippen LogP contribution in [0.15, 0.2) is 35.0 Å². The molecule has 2 aromatic rings. The third-order valence-electron chi connectivity index (χ3n) is 4.01. The van der Waals surface area contributed by atoms with Crippen LogP contribution >= 0.6 is 11.3 Å². The first kappa shape index (κ1) is 18.0. The SMILES string of the molecule is CCCNS(=O)(=O)C(C)(C)c1ccc(-c2ccsc2)cc1NC. The zero-order chi connectivity index (χ0) is 17.1. The number of benzene rings is 1. The monoisotopic (exact) mass is 352 g/mol. The maximum Gasteiger partial charge on any atom is 0.221 e. The maximum atomic E-state index is 12.7. The van der Waals surface area contributed by atoms with Gasteiger partial charge in [-0.25, -0.2) is 13.1 Å². The van der Waals surface area contributed by atoms with Crippen molar-refractivity contribution in [3.8, 4) is 11.1 Å². The van der Waals surface area contributed by atoms with E-state index in [2.05, 4.69) is 21.5 Å². The van der Waals surface area contributed by atoms with Crippen molar-refractivity contribution in [2.75, 3.05) is 18.9 Å². The second kappa shape index (κ2) is 7.03. The summed E-state index contributed by atoms with van der Waals surface area (Å²) in [7, 11) is -1.64. The van der Waals surface area contributed by atoms with E-state index in [0.29, 0.717) is 6.54 Å². The molecule has 0 aliphatic rings. The van der Waals surface area contributed by atoms with E-state index in [1.165, 1.54) is 0 Å². The zero-order valence-corrected chi connectivity index (χ0v) is 15.6. The van der Waals surface area contributed by atoms with Crippen LogP contribution in [0.3, 0.4) is 0 Å². The lowest BCUT2D eigenvalue weighted by Crippen LogP contribution is -2.40. The van der Waals surface area contributed by atoms with Crippen molar-refractivity contribution < 1.29 is 8.42 Å². The summed E-state index contributed by atoms with van der Waals surface area (Å²) in [6.45, 7) is 5.88. The first-order valence-electron chi connectivity index (χ1n) is 7.67. The smallest absolute Gasteiger partial charge is 0.221 e. The molecule has 0 saturated heterocycles. The molecular formula is C17H24N2O2S2. The number of anilines is 1. The standard InChI is InChI=1S/C17H24N2O2S2/c1-5-9-19-23(20,21)17(2,3)15-7-6-13(11-16(15)18-4)14-8-10-22-12-14/h6-8,10-12,18-19H,5,9H2,1-4H3. The third kappa shape index (κ3) is 3.59. The molecule has 0 bridgehead atoms. The molecule has 1 heterocycles. The molecule has 126 valence electrons. The fourth-order valence-electron chi connectivity index (χ4n) is 2.45. The highest BCUT2D eigenvalue weighted by atomic mass is 32.2. The van der Waals surface area contributed by atoms with Crippen LogP contribution in [0.4, 0.5) is 5.69 Å². The Hall–Kier alpha value is -1.37. The molecule has 4 nitrogen and oxygen atoms in total. The van der Waals surface area contributed by atoms with Crippen molar-refractivity contribution in [2.24, 2.45) is 0 Å². The van der Waals surface area contributed by atoms with Crippen molar-refractivity contribution in [1.82, 2.24) is 4.72 Å². The fraction of sp³-hybridized carbons (Fsp3) is 0.412. The summed E-state index contributed by atoms with van der Waals surface area (Å²) in [5.41, 5.74) is 3.82. The fourth-order valence-corrected chi connectivity index (χ4v) is 4.41. The van der Waals surface area contributed by atoms with Crippen molar-refractivity contribution in [1.29, 1.82) is 0 Å². The highest BCUT2D eigenvalue weighted by Gasteiger charge is 2.37. The van der Waals surface area contributed by atoms with Gasteiger partial charge in [-0.3, -0.25) is 0 Å². The average molecular weight is 353 g/mol. The summed E-state index contributed by atoms with van der Waals surface area (Å²) in [5.74, 6) is 0. The number of hydrogen-bond acceptors (Lipinski definition) is 4. The number of nitrogens with one attached hydrogen (secondary N) is 2. The van der Waals surface area contributed by atoms with Crippen LogP contribution in [0.25, 0.3) is 11.1 Å². The summed E-state index contributed by atoms with van der Waals surface area (Å²) in [6, 6.07) is 7.96. The van der Waals surface area contributed by atoms with Crippen molar-refractivity contribution in [3.05, 3.63) is 40.6 Å². The van der Waals surface area contributed by atoms with Crippen LogP contribution in [-0.2, 0) is 14.8 Å². The van der Waals surface area contributed by atoms with Gasteiger partial charge in [-0.2, -0.15) is 11.3 Å². The number of thiophene rings is 1. The Morgan fingerprint density at radius 3 is 2.48 bits per heavy atom. The second-order valence-corrected chi connectivity index (χ2v) is 9.03. The lowest BCUT2D eigenvalue weighted by atomic mass is 9.96. The van der Waals surface area contributed by atoms with Crippen LogP contribution in [0.2, 0.25) is 0 Å². The van der Waals surface area contributed by atoms with Gasteiger partial charge in [0, 0.05) is 19.3 Å². The van der Waals surface area contributed by atoms with Gasteiger partial charge in [0.1, 0.15) is 4.75 Å². The minimum atomic E-state index is -3.46. The summed E-state index contributed by atoms with van der Waals surface area (Å²) in [5, 5.41) is 7.26. The number of hydrogen-bond donors (Lipinski definition) is 2. The minimum absolute atomic E-state index is 0.452. The lowest BCUT2D eigenvalue weighted by Gasteiger charge is -2.28. The van der Waals surface area contributed by atoms with Crippen LogP contribution in [0, 0.1) is 0 Å². The van der Waals surface area contributed by atoms with E-state index in [1.807, 2.05) is 37.6 Å². The van der Waals surface area contributed by atoms with Gasteiger partial charge in [-0.1, -0.05) is 19.1 Å². The van der Waals surface area contributed by atoms with Crippen LogP contribution in [0.5, 0.6) is 0 Å². The van der Waals surface area contributed by atoms with E-state index >= 15 is 0 Å². The Labute approximate surface area is 143 Å². The molecule has 1 aromatic heterocycles. The summed E-state index contributed by atoms with van der Waals surface area (Å²) < 4.78 is 27.0. The Balaban J connectivity index is 2.46. The summed E-state index contributed by atoms with van der Waals surface area (Å²) in [6.07, 6.45) is 0.769. The van der Waals surface area contributed by atoms with Gasteiger partial charge in [0.25, 0.3) is 0 Å². The quantitative estimate of drug-likeness (QED) is 0.791. The van der Waals surface area contributed by atoms with Gasteiger partial charge >= 0.3 is 0 Å². The normalized spacial score (nSPS) is 12.3. The molecule has 2 rings (SSSR count). The molecule has 0 unspecified atom stereocenters. The van der Waals surface area contributed by atoms with Crippen molar-refractivity contribution in [3.63, 3.8) is 0 Å². The van der Waals surface area contributed by atoms with Gasteiger partial charge < -0.3 is 5.32 Å². The van der Waals surface area contributed by atoms with E-state index in [-0.39, 0.29) is 0 Å². The molecule has 0 atom stereocenters. The predicted molar refractivity (Wildman–Crippen MR) is 99.5 cm³/mol. The topological polar surface area (TPSA) is 58.2 Å². The van der Waals surface area contributed by atoms with Gasteiger partial charge in [0.15, 0.2) is 0 Å². The molecule has 2 N–H and O–H groups in total. The first-order chi connectivity index (χ1) is 10.8. The summed E-state index contributed by atoms with van der Waals surface area (Å²) in [4.78, 5) is 0. The second-order valence-electron chi connectivity index (χ2n) is 5.93. The predicted octanol–water partition coefficient (Wildman–Crippen LogP) is 4.02. The average Bonchev–Trinajstić information content (AvgIpc) is 3.06. The molecule has 0 spiro atoms. The number of rotatable bonds is 7. The van der Waals surface area contributed by atoms with E-state index in [4.69, 9.17) is 0 Å². The minimum Gasteiger partial charge on any atom is -0.388 e. The molecule has 0 saturated carbocycles. The molecule has 6 heteroatoms. The third-order valence-corrected chi connectivity index (χ3v) is 6.84. The largest absolute Gasteiger partial charge is 0.388 e. The Kier molecular flexibility index (Phi) is 5.49. The van der Waals surface area contributed by atoms with Crippen molar-refractivity contribution >= 4 is 27.0 Å². The van der Waals surface area contributed by atoms with Gasteiger partial charge in [0.2, 0.25) is 10.0 Å². The van der Waals surface area contributed by atoms with Gasteiger partial charge in [-0.15, -0.1) is 0 Å². The van der Waals surface area contributed by atoms with Gasteiger partial charge in [-0.05, 0) is 59.9 Å². The molecular weight excluding hydrogens is 328 g/mol. The molecule has 0 radical (unpaired) electrons. The lowest BCUT2D eigenvalue weighted by molar-refractivity contribution is 0.539. The maximum absolute atomic E-state index is 12.7. The van der Waals surface area contributed by atoms with E-state index < -0.39 is 14.8 Å². The summed E-state index contributed by atoms with van der Waals surface area (Å²) >= 11 is 1.64. The highest BCUT2D eigenvalue weighted by Crippen LogP contribution is 2.37. The first-order valence-corrected chi connectivity index (χ1v) is 10.1. The van der Waals surface area contributed by atoms with Crippen LogP contribution in [-0.4, -0.2) is 22.0 Å². The van der Waals surface area contributed by atoms with E-state index in [0.717, 1.165) is 28.8 Å². The molecule has 0 fully saturated rings. The van der Waals surface area contributed by atoms with Crippen LogP contribution < -0.4 is 10.0 Å². The van der Waals surface area contributed by atoms with Crippen molar-refractivity contribution in [2.45, 2.75) is 31.9 Å². The molecule has 23 heavy (non-hydrogen) atoms. The molecule has 1 aromatic carbocycles. The van der Waals surface area contributed by atoms with E-state index in [9.17, 15) is 8.42 Å². The van der Waals surface area contributed by atoms with Gasteiger partial charge in [0.05, 0.1) is 0 Å². The molecule has 0 aliphatic heterocycles. The Bertz CT molecular complexity index is 751. The Morgan fingerprint density at radius 1 is 1.17 bits per heavy atom. The zero-order valence-electron chi connectivity index (χ0n) is 14.0. The highest BCUT2D eigenvalue weighted by molar-refractivity contribution is 7.90. The Morgan fingerprint density at radius 2 is 1.91 bits per heavy atom. The van der Waals surface area contributed by atoms with E-state index in [1.54, 1.807) is 25.2 Å².